The molecule has 0 N–H and O–H groups in total. The topological polar surface area (TPSA) is 78.7 Å². The number of rotatable bonds is 8. The van der Waals surface area contributed by atoms with Gasteiger partial charge in [-0.15, -0.1) is 10.2 Å². The smallest absolute Gasteiger partial charge is 0.233 e. The van der Waals surface area contributed by atoms with Gasteiger partial charge in [-0.25, -0.2) is 0 Å². The average Bonchev–Trinajstić information content (AvgIpc) is 3.25. The van der Waals surface area contributed by atoms with Gasteiger partial charge in [0.2, 0.25) is 5.91 Å². The van der Waals surface area contributed by atoms with Gasteiger partial charge in [-0.2, -0.15) is 0 Å². The van der Waals surface area contributed by atoms with Gasteiger partial charge in [0.15, 0.2) is 11.0 Å². The van der Waals surface area contributed by atoms with Crippen LogP contribution in [0.3, 0.4) is 0 Å². The SMILES string of the molecule is COc1ccc(OCc2nnc(SCC(=O)N3CCOCC3)n2-c2ccc(C)cc2)cc1. The van der Waals surface area contributed by atoms with Crippen LogP contribution in [0.5, 0.6) is 11.5 Å². The van der Waals surface area contributed by atoms with E-state index in [1.54, 1.807) is 7.11 Å². The van der Waals surface area contributed by atoms with Crippen molar-refractivity contribution in [3.8, 4) is 17.2 Å². The number of carbonyl (C=O) groups excluding carboxylic acids is 1. The number of methoxy groups -OCH3 is 1. The van der Waals surface area contributed by atoms with Gasteiger partial charge < -0.3 is 19.1 Å². The lowest BCUT2D eigenvalue weighted by Gasteiger charge is -2.26. The molecule has 1 amide bonds. The first kappa shape index (κ1) is 22.2. The molecule has 1 saturated heterocycles. The predicted molar refractivity (Wildman–Crippen MR) is 122 cm³/mol. The molecule has 2 aromatic carbocycles. The van der Waals surface area contributed by atoms with Gasteiger partial charge in [0.25, 0.3) is 0 Å². The summed E-state index contributed by atoms with van der Waals surface area (Å²) in [4.78, 5) is 14.4. The van der Waals surface area contributed by atoms with Crippen molar-refractivity contribution >= 4 is 17.7 Å². The highest BCUT2D eigenvalue weighted by Gasteiger charge is 2.20. The summed E-state index contributed by atoms with van der Waals surface area (Å²) in [5, 5.41) is 9.36. The Hall–Kier alpha value is -3.04. The molecule has 0 saturated carbocycles. The quantitative estimate of drug-likeness (QED) is 0.484. The highest BCUT2D eigenvalue weighted by Crippen LogP contribution is 2.24. The van der Waals surface area contributed by atoms with E-state index in [1.807, 2.05) is 64.9 Å². The number of aryl methyl sites for hydroxylation is 1. The second-order valence-electron chi connectivity index (χ2n) is 7.32. The van der Waals surface area contributed by atoms with Crippen LogP contribution in [0.25, 0.3) is 5.69 Å². The number of aromatic nitrogens is 3. The largest absolute Gasteiger partial charge is 0.497 e. The molecule has 0 aliphatic carbocycles. The van der Waals surface area contributed by atoms with E-state index in [9.17, 15) is 4.79 Å². The number of thioether (sulfide) groups is 1. The van der Waals surface area contributed by atoms with E-state index in [0.29, 0.717) is 48.8 Å². The highest BCUT2D eigenvalue weighted by atomic mass is 32.2. The lowest BCUT2D eigenvalue weighted by atomic mass is 10.2. The summed E-state index contributed by atoms with van der Waals surface area (Å²) >= 11 is 1.38. The molecule has 1 aromatic heterocycles. The second kappa shape index (κ2) is 10.5. The third kappa shape index (κ3) is 5.41. The molecular weight excluding hydrogens is 428 g/mol. The van der Waals surface area contributed by atoms with E-state index >= 15 is 0 Å². The minimum Gasteiger partial charge on any atom is -0.497 e. The number of carbonyl (C=O) groups is 1. The van der Waals surface area contributed by atoms with E-state index in [1.165, 1.54) is 11.8 Å². The van der Waals surface area contributed by atoms with Gasteiger partial charge in [0.05, 0.1) is 26.1 Å². The number of hydrogen-bond donors (Lipinski definition) is 0. The maximum Gasteiger partial charge on any atom is 0.233 e. The van der Waals surface area contributed by atoms with Crippen LogP contribution in [0, 0.1) is 6.92 Å². The molecule has 0 atom stereocenters. The van der Waals surface area contributed by atoms with Gasteiger partial charge in [0, 0.05) is 18.8 Å². The van der Waals surface area contributed by atoms with Gasteiger partial charge >= 0.3 is 0 Å². The van der Waals surface area contributed by atoms with Crippen LogP contribution < -0.4 is 9.47 Å². The Kier molecular flexibility index (Phi) is 7.28. The van der Waals surface area contributed by atoms with Crippen molar-refractivity contribution in [3.05, 3.63) is 59.9 Å². The van der Waals surface area contributed by atoms with E-state index in [-0.39, 0.29) is 12.5 Å². The molecule has 0 radical (unpaired) electrons. The number of nitrogens with zero attached hydrogens (tertiary/aromatic N) is 4. The van der Waals surface area contributed by atoms with E-state index in [4.69, 9.17) is 14.2 Å². The summed E-state index contributed by atoms with van der Waals surface area (Å²) in [5.41, 5.74) is 2.09. The van der Waals surface area contributed by atoms with Crippen molar-refractivity contribution in [1.82, 2.24) is 19.7 Å². The first-order chi connectivity index (χ1) is 15.6. The fourth-order valence-electron chi connectivity index (χ4n) is 3.29. The molecule has 168 valence electrons. The molecule has 0 spiro atoms. The van der Waals surface area contributed by atoms with Crippen LogP contribution in [0.4, 0.5) is 0 Å². The minimum atomic E-state index is 0.0767. The Morgan fingerprint density at radius 3 is 2.41 bits per heavy atom. The number of benzene rings is 2. The summed E-state index contributed by atoms with van der Waals surface area (Å²) in [6.07, 6.45) is 0. The van der Waals surface area contributed by atoms with E-state index in [0.717, 1.165) is 17.0 Å². The van der Waals surface area contributed by atoms with Gasteiger partial charge in [0.1, 0.15) is 18.1 Å². The van der Waals surface area contributed by atoms with Crippen LogP contribution >= 0.6 is 11.8 Å². The first-order valence-electron chi connectivity index (χ1n) is 10.4. The fourth-order valence-corrected chi connectivity index (χ4v) is 4.16. The van der Waals surface area contributed by atoms with E-state index < -0.39 is 0 Å². The number of amides is 1. The number of morpholine rings is 1. The Balaban J connectivity index is 1.51. The average molecular weight is 455 g/mol. The van der Waals surface area contributed by atoms with Crippen molar-refractivity contribution in [2.75, 3.05) is 39.2 Å². The highest BCUT2D eigenvalue weighted by molar-refractivity contribution is 7.99. The lowest BCUT2D eigenvalue weighted by Crippen LogP contribution is -2.41. The van der Waals surface area contributed by atoms with Crippen LogP contribution in [0.1, 0.15) is 11.4 Å². The molecule has 0 bridgehead atoms. The lowest BCUT2D eigenvalue weighted by molar-refractivity contribution is -0.132. The molecule has 4 rings (SSSR count). The standard InChI is InChI=1S/C23H26N4O4S/c1-17-3-5-18(6-4-17)27-21(15-31-20-9-7-19(29-2)8-10-20)24-25-23(27)32-16-22(28)26-11-13-30-14-12-26/h3-10H,11-16H2,1-2H3. The monoisotopic (exact) mass is 454 g/mol. The summed E-state index contributed by atoms with van der Waals surface area (Å²) in [5.74, 6) is 2.51. The van der Waals surface area contributed by atoms with Crippen LogP contribution in [-0.2, 0) is 16.1 Å². The molecule has 3 aromatic rings. The Bertz CT molecular complexity index is 1030. The summed E-state index contributed by atoms with van der Waals surface area (Å²) in [6.45, 7) is 4.72. The Labute approximate surface area is 191 Å². The maximum atomic E-state index is 12.6. The van der Waals surface area contributed by atoms with Crippen molar-refractivity contribution in [1.29, 1.82) is 0 Å². The summed E-state index contributed by atoms with van der Waals surface area (Å²) in [6, 6.07) is 15.5. The van der Waals surface area contributed by atoms with Crippen LogP contribution in [0.2, 0.25) is 0 Å². The van der Waals surface area contributed by atoms with Crippen LogP contribution in [0.15, 0.2) is 53.7 Å². The third-order valence-electron chi connectivity index (χ3n) is 5.11. The first-order valence-corrected chi connectivity index (χ1v) is 11.4. The zero-order valence-corrected chi connectivity index (χ0v) is 19.0. The Morgan fingerprint density at radius 2 is 1.72 bits per heavy atom. The molecular formula is C23H26N4O4S. The maximum absolute atomic E-state index is 12.6. The molecule has 8 nitrogen and oxygen atoms in total. The minimum absolute atomic E-state index is 0.0767. The van der Waals surface area contributed by atoms with Crippen molar-refractivity contribution in [3.63, 3.8) is 0 Å². The van der Waals surface area contributed by atoms with Gasteiger partial charge in [-0.05, 0) is 43.3 Å². The van der Waals surface area contributed by atoms with Gasteiger partial charge in [-0.1, -0.05) is 29.5 Å². The summed E-state index contributed by atoms with van der Waals surface area (Å²) in [7, 11) is 1.63. The zero-order chi connectivity index (χ0) is 22.3. The Morgan fingerprint density at radius 1 is 1.03 bits per heavy atom. The molecule has 32 heavy (non-hydrogen) atoms. The molecule has 9 heteroatoms. The molecule has 1 fully saturated rings. The molecule has 2 heterocycles. The molecule has 1 aliphatic rings. The molecule has 1 aliphatic heterocycles. The normalized spacial score (nSPS) is 13.8. The number of ether oxygens (including phenoxy) is 3. The number of hydrogen-bond acceptors (Lipinski definition) is 7. The zero-order valence-electron chi connectivity index (χ0n) is 18.2. The van der Waals surface area contributed by atoms with Crippen molar-refractivity contribution in [2.45, 2.75) is 18.7 Å². The predicted octanol–water partition coefficient (Wildman–Crippen LogP) is 3.11. The van der Waals surface area contributed by atoms with Gasteiger partial charge in [-0.3, -0.25) is 9.36 Å². The van der Waals surface area contributed by atoms with Crippen LogP contribution in [-0.4, -0.2) is 64.7 Å². The molecule has 0 unspecified atom stereocenters. The van der Waals surface area contributed by atoms with Crippen molar-refractivity contribution < 1.29 is 19.0 Å². The second-order valence-corrected chi connectivity index (χ2v) is 8.26. The third-order valence-corrected chi connectivity index (χ3v) is 6.02. The van der Waals surface area contributed by atoms with E-state index in [2.05, 4.69) is 10.2 Å². The summed E-state index contributed by atoms with van der Waals surface area (Å²) < 4.78 is 18.4. The fraction of sp³-hybridized carbons (Fsp3) is 0.348. The van der Waals surface area contributed by atoms with Crippen molar-refractivity contribution in [2.24, 2.45) is 0 Å².